The molecule has 3 rings (SSSR count). The maximum atomic E-state index is 9.69. The van der Waals surface area contributed by atoms with Crippen LogP contribution in [0, 0.1) is 18.3 Å². The second kappa shape index (κ2) is 5.73. The predicted octanol–water partition coefficient (Wildman–Crippen LogP) is 2.67. The molecule has 2 aromatic heterocycles. The van der Waals surface area contributed by atoms with Gasteiger partial charge in [0, 0.05) is 22.9 Å². The van der Waals surface area contributed by atoms with Crippen molar-refractivity contribution in [2.75, 3.05) is 5.73 Å². The van der Waals surface area contributed by atoms with Crippen molar-refractivity contribution in [2.24, 2.45) is 0 Å². The van der Waals surface area contributed by atoms with Crippen molar-refractivity contribution in [1.82, 2.24) is 15.0 Å². The van der Waals surface area contributed by atoms with Crippen molar-refractivity contribution in [3.63, 3.8) is 0 Å². The van der Waals surface area contributed by atoms with E-state index in [1.54, 1.807) is 30.5 Å². The van der Waals surface area contributed by atoms with E-state index in [2.05, 4.69) is 21.0 Å². The molecule has 0 aliphatic rings. The number of benzene rings is 1. The number of pyridine rings is 1. The van der Waals surface area contributed by atoms with Crippen molar-refractivity contribution < 1.29 is 5.11 Å². The van der Waals surface area contributed by atoms with E-state index in [1.807, 2.05) is 13.0 Å². The first-order chi connectivity index (χ1) is 11.1. The fraction of sp³-hybridized carbons (Fsp3) is 0.0588. The highest BCUT2D eigenvalue weighted by Crippen LogP contribution is 2.34. The van der Waals surface area contributed by atoms with E-state index in [-0.39, 0.29) is 11.7 Å². The van der Waals surface area contributed by atoms with Gasteiger partial charge in [0.1, 0.15) is 5.75 Å². The van der Waals surface area contributed by atoms with Gasteiger partial charge in [-0.1, -0.05) is 12.1 Å². The first kappa shape index (κ1) is 14.5. The summed E-state index contributed by atoms with van der Waals surface area (Å²) < 4.78 is 0. The molecule has 6 heteroatoms. The predicted molar refractivity (Wildman–Crippen MR) is 86.2 cm³/mol. The number of nitrogen functional groups attached to an aromatic ring is 1. The largest absolute Gasteiger partial charge is 0.506 e. The van der Waals surface area contributed by atoms with Gasteiger partial charge in [-0.15, -0.1) is 0 Å². The zero-order valence-electron chi connectivity index (χ0n) is 12.4. The minimum atomic E-state index is 0.0513. The van der Waals surface area contributed by atoms with E-state index < -0.39 is 0 Å². The molecule has 6 nitrogen and oxygen atoms in total. The first-order valence-electron chi connectivity index (χ1n) is 6.87. The maximum absolute atomic E-state index is 9.69. The highest BCUT2D eigenvalue weighted by atomic mass is 16.3. The SMILES string of the molecule is Cc1nc(N)nc(-c2cccc(C#N)c2)c1-c1cncc(O)c1. The molecule has 0 spiro atoms. The number of nitrogens with zero attached hydrogens (tertiary/aromatic N) is 4. The van der Waals surface area contributed by atoms with Gasteiger partial charge in [0.2, 0.25) is 5.95 Å². The fourth-order valence-corrected chi connectivity index (χ4v) is 2.45. The van der Waals surface area contributed by atoms with Crippen LogP contribution in [0.2, 0.25) is 0 Å². The third-order valence-corrected chi connectivity index (χ3v) is 3.38. The summed E-state index contributed by atoms with van der Waals surface area (Å²) in [6, 6.07) is 10.8. The van der Waals surface area contributed by atoms with Crippen molar-refractivity contribution in [1.29, 1.82) is 5.26 Å². The lowest BCUT2D eigenvalue weighted by atomic mass is 9.98. The van der Waals surface area contributed by atoms with Crippen LogP contribution < -0.4 is 5.73 Å². The Hall–Kier alpha value is -3.46. The molecule has 0 fully saturated rings. The minimum absolute atomic E-state index is 0.0513. The van der Waals surface area contributed by atoms with Crippen LogP contribution in [-0.4, -0.2) is 20.1 Å². The lowest BCUT2D eigenvalue weighted by Crippen LogP contribution is -2.02. The topological polar surface area (TPSA) is 109 Å². The number of aromatic hydroxyl groups is 1. The number of nitrogens with two attached hydrogens (primary N) is 1. The van der Waals surface area contributed by atoms with E-state index in [0.717, 1.165) is 11.1 Å². The van der Waals surface area contributed by atoms with Gasteiger partial charge in [0.05, 0.1) is 29.2 Å². The number of anilines is 1. The summed E-state index contributed by atoms with van der Waals surface area (Å²) >= 11 is 0. The molecule has 1 aromatic carbocycles. The van der Waals surface area contributed by atoms with E-state index in [4.69, 9.17) is 11.0 Å². The van der Waals surface area contributed by atoms with Crippen LogP contribution in [0.4, 0.5) is 5.95 Å². The summed E-state index contributed by atoms with van der Waals surface area (Å²) in [6.45, 7) is 1.81. The molecule has 0 aliphatic carbocycles. The molecule has 0 bridgehead atoms. The van der Waals surface area contributed by atoms with Gasteiger partial charge >= 0.3 is 0 Å². The van der Waals surface area contributed by atoms with Gasteiger partial charge in [-0.2, -0.15) is 5.26 Å². The number of hydrogen-bond donors (Lipinski definition) is 2. The molecular formula is C17H13N5O. The molecule has 0 unspecified atom stereocenters. The lowest BCUT2D eigenvalue weighted by Gasteiger charge is -2.13. The zero-order valence-corrected chi connectivity index (χ0v) is 12.4. The molecule has 0 radical (unpaired) electrons. The Morgan fingerprint density at radius 1 is 1.13 bits per heavy atom. The molecule has 3 aromatic rings. The summed E-state index contributed by atoms with van der Waals surface area (Å²) in [4.78, 5) is 12.5. The van der Waals surface area contributed by atoms with Crippen LogP contribution in [0.5, 0.6) is 5.75 Å². The maximum Gasteiger partial charge on any atom is 0.220 e. The highest BCUT2D eigenvalue weighted by Gasteiger charge is 2.15. The van der Waals surface area contributed by atoms with Crippen LogP contribution in [0.1, 0.15) is 11.3 Å². The molecule has 0 saturated carbocycles. The Bertz CT molecular complexity index is 931. The van der Waals surface area contributed by atoms with Crippen LogP contribution in [0.25, 0.3) is 22.4 Å². The third-order valence-electron chi connectivity index (χ3n) is 3.38. The molecule has 112 valence electrons. The quantitative estimate of drug-likeness (QED) is 0.753. The molecule has 23 heavy (non-hydrogen) atoms. The zero-order chi connectivity index (χ0) is 16.4. The van der Waals surface area contributed by atoms with Crippen molar-refractivity contribution in [2.45, 2.75) is 6.92 Å². The number of aryl methyl sites for hydroxylation is 1. The molecule has 0 aliphatic heterocycles. The smallest absolute Gasteiger partial charge is 0.220 e. The van der Waals surface area contributed by atoms with Crippen LogP contribution in [0.3, 0.4) is 0 Å². The van der Waals surface area contributed by atoms with Gasteiger partial charge < -0.3 is 10.8 Å². The van der Waals surface area contributed by atoms with Gasteiger partial charge in [-0.3, -0.25) is 4.98 Å². The second-order valence-corrected chi connectivity index (χ2v) is 5.02. The van der Waals surface area contributed by atoms with E-state index >= 15 is 0 Å². The number of aromatic nitrogens is 3. The Balaban J connectivity index is 2.30. The molecule has 0 amide bonds. The molecule has 2 heterocycles. The summed E-state index contributed by atoms with van der Waals surface area (Å²) in [7, 11) is 0. The van der Waals surface area contributed by atoms with Crippen molar-refractivity contribution in [3.8, 4) is 34.2 Å². The van der Waals surface area contributed by atoms with Crippen molar-refractivity contribution >= 4 is 5.95 Å². The van der Waals surface area contributed by atoms with Gasteiger partial charge in [-0.25, -0.2) is 9.97 Å². The number of nitriles is 1. The van der Waals surface area contributed by atoms with E-state index in [1.165, 1.54) is 6.20 Å². The number of rotatable bonds is 2. The molecular weight excluding hydrogens is 290 g/mol. The van der Waals surface area contributed by atoms with Crippen molar-refractivity contribution in [3.05, 3.63) is 54.0 Å². The summed E-state index contributed by atoms with van der Waals surface area (Å²) in [6.07, 6.45) is 2.98. The Kier molecular flexibility index (Phi) is 3.61. The van der Waals surface area contributed by atoms with Crippen LogP contribution in [-0.2, 0) is 0 Å². The Morgan fingerprint density at radius 3 is 2.70 bits per heavy atom. The second-order valence-electron chi connectivity index (χ2n) is 5.02. The molecule has 0 atom stereocenters. The average Bonchev–Trinajstić information content (AvgIpc) is 2.54. The lowest BCUT2D eigenvalue weighted by molar-refractivity contribution is 0.473. The Morgan fingerprint density at radius 2 is 1.96 bits per heavy atom. The van der Waals surface area contributed by atoms with Gasteiger partial charge in [0.25, 0.3) is 0 Å². The Labute approximate surface area is 132 Å². The van der Waals surface area contributed by atoms with E-state index in [0.29, 0.717) is 22.5 Å². The van der Waals surface area contributed by atoms with Crippen LogP contribution in [0.15, 0.2) is 42.7 Å². The standard InChI is InChI=1S/C17H13N5O/c1-10-15(13-6-14(23)9-20-8-13)16(22-17(19)21-10)12-4-2-3-11(5-12)7-18/h2-6,8-9,23H,1H3,(H2,19,21,22). The van der Waals surface area contributed by atoms with Gasteiger partial charge in [-0.05, 0) is 25.1 Å². The first-order valence-corrected chi connectivity index (χ1v) is 6.87. The summed E-state index contributed by atoms with van der Waals surface area (Å²) in [5.41, 5.74) is 9.73. The third kappa shape index (κ3) is 2.80. The molecule has 0 saturated heterocycles. The fourth-order valence-electron chi connectivity index (χ4n) is 2.45. The normalized spacial score (nSPS) is 10.3. The highest BCUT2D eigenvalue weighted by molar-refractivity contribution is 5.83. The van der Waals surface area contributed by atoms with Gasteiger partial charge in [0.15, 0.2) is 0 Å². The number of hydrogen-bond acceptors (Lipinski definition) is 6. The summed E-state index contributed by atoms with van der Waals surface area (Å²) in [5.74, 6) is 0.201. The minimum Gasteiger partial charge on any atom is -0.506 e. The van der Waals surface area contributed by atoms with E-state index in [9.17, 15) is 5.11 Å². The van der Waals surface area contributed by atoms with Crippen LogP contribution >= 0.6 is 0 Å². The monoisotopic (exact) mass is 303 g/mol. The summed E-state index contributed by atoms with van der Waals surface area (Å²) in [5, 5.41) is 18.8. The molecule has 3 N–H and O–H groups in total. The average molecular weight is 303 g/mol.